The Hall–Kier alpha value is -2.30. The molecular formula is C17H19N3O2. The van der Waals surface area contributed by atoms with E-state index in [1.165, 1.54) is 6.42 Å². The first-order valence-corrected chi connectivity index (χ1v) is 7.83. The number of benzene rings is 1. The lowest BCUT2D eigenvalue weighted by molar-refractivity contribution is 0.0715. The Morgan fingerprint density at radius 1 is 1.18 bits per heavy atom. The van der Waals surface area contributed by atoms with Crippen molar-refractivity contribution in [1.29, 1.82) is 0 Å². The number of aryl methyl sites for hydroxylation is 1. The standard InChI is InChI=1S/C17H19N3O2/c1-19-16-12-7-3-4-8-14(12)22-11-13(16)15(18-19)17(21)20-9-5-2-6-10-20/h3-4,7-8H,2,5-6,9-11H2,1H3. The lowest BCUT2D eigenvalue weighted by Gasteiger charge is -2.26. The molecule has 0 N–H and O–H groups in total. The first-order chi connectivity index (χ1) is 10.8. The van der Waals surface area contributed by atoms with Crippen LogP contribution in [0.25, 0.3) is 11.3 Å². The van der Waals surface area contributed by atoms with Crippen LogP contribution >= 0.6 is 0 Å². The van der Waals surface area contributed by atoms with E-state index in [1.54, 1.807) is 0 Å². The molecule has 22 heavy (non-hydrogen) atoms. The summed E-state index contributed by atoms with van der Waals surface area (Å²) in [4.78, 5) is 14.7. The van der Waals surface area contributed by atoms with Crippen molar-refractivity contribution in [2.45, 2.75) is 25.9 Å². The summed E-state index contributed by atoms with van der Waals surface area (Å²) in [5, 5.41) is 4.51. The van der Waals surface area contributed by atoms with Crippen molar-refractivity contribution < 1.29 is 9.53 Å². The molecule has 1 saturated heterocycles. The van der Waals surface area contributed by atoms with E-state index in [1.807, 2.05) is 40.9 Å². The van der Waals surface area contributed by atoms with Gasteiger partial charge in [0.05, 0.1) is 5.69 Å². The van der Waals surface area contributed by atoms with Crippen molar-refractivity contribution >= 4 is 5.91 Å². The molecule has 2 aromatic rings. The Bertz CT molecular complexity index is 730. The number of ether oxygens (including phenoxy) is 1. The first-order valence-electron chi connectivity index (χ1n) is 7.83. The van der Waals surface area contributed by atoms with Crippen LogP contribution in [0.5, 0.6) is 5.75 Å². The maximum absolute atomic E-state index is 12.8. The number of nitrogens with zero attached hydrogens (tertiary/aromatic N) is 3. The molecule has 1 aromatic carbocycles. The number of carbonyl (C=O) groups excluding carboxylic acids is 1. The molecule has 5 heteroatoms. The maximum atomic E-state index is 12.8. The van der Waals surface area contributed by atoms with E-state index in [0.717, 1.165) is 48.5 Å². The maximum Gasteiger partial charge on any atom is 0.274 e. The summed E-state index contributed by atoms with van der Waals surface area (Å²) in [6.07, 6.45) is 3.38. The van der Waals surface area contributed by atoms with Crippen LogP contribution < -0.4 is 4.74 Å². The number of piperidine rings is 1. The quantitative estimate of drug-likeness (QED) is 0.813. The molecule has 0 atom stereocenters. The van der Waals surface area contributed by atoms with Crippen molar-refractivity contribution in [3.05, 3.63) is 35.5 Å². The molecule has 3 heterocycles. The van der Waals surface area contributed by atoms with Gasteiger partial charge in [-0.05, 0) is 31.4 Å². The number of carbonyl (C=O) groups is 1. The van der Waals surface area contributed by atoms with Gasteiger partial charge in [-0.25, -0.2) is 0 Å². The molecule has 5 nitrogen and oxygen atoms in total. The summed E-state index contributed by atoms with van der Waals surface area (Å²) in [5.74, 6) is 0.898. The van der Waals surface area contributed by atoms with E-state index >= 15 is 0 Å². The number of hydrogen-bond donors (Lipinski definition) is 0. The Kier molecular flexibility index (Phi) is 3.13. The predicted octanol–water partition coefficient (Wildman–Crippen LogP) is 2.61. The van der Waals surface area contributed by atoms with Gasteiger partial charge >= 0.3 is 0 Å². The summed E-state index contributed by atoms with van der Waals surface area (Å²) in [7, 11) is 1.90. The van der Waals surface area contributed by atoms with Gasteiger partial charge < -0.3 is 9.64 Å². The summed E-state index contributed by atoms with van der Waals surface area (Å²) >= 11 is 0. The molecule has 0 aliphatic carbocycles. The van der Waals surface area contributed by atoms with Crippen LogP contribution in [0.15, 0.2) is 24.3 Å². The first kappa shape index (κ1) is 13.4. The van der Waals surface area contributed by atoms with Crippen LogP contribution in [0.1, 0.15) is 35.3 Å². The lowest BCUT2D eigenvalue weighted by atomic mass is 10.0. The smallest absolute Gasteiger partial charge is 0.274 e. The van der Waals surface area contributed by atoms with Gasteiger partial charge in [0.15, 0.2) is 5.69 Å². The molecule has 4 rings (SSSR count). The zero-order valence-corrected chi connectivity index (χ0v) is 12.7. The Labute approximate surface area is 129 Å². The average molecular weight is 297 g/mol. The van der Waals surface area contributed by atoms with E-state index in [4.69, 9.17) is 4.74 Å². The number of rotatable bonds is 1. The normalized spacial score (nSPS) is 16.7. The summed E-state index contributed by atoms with van der Waals surface area (Å²) in [6.45, 7) is 2.08. The van der Waals surface area contributed by atoms with Gasteiger partial charge in [-0.2, -0.15) is 5.10 Å². The minimum atomic E-state index is 0.0412. The number of para-hydroxylation sites is 1. The van der Waals surface area contributed by atoms with Crippen LogP contribution in [-0.4, -0.2) is 33.7 Å². The summed E-state index contributed by atoms with van der Waals surface area (Å²) in [6, 6.07) is 7.91. The zero-order valence-electron chi connectivity index (χ0n) is 12.7. The van der Waals surface area contributed by atoms with Crippen LogP contribution in [0, 0.1) is 0 Å². The Balaban J connectivity index is 1.77. The molecule has 1 amide bonds. The van der Waals surface area contributed by atoms with Gasteiger partial charge in [0, 0.05) is 31.3 Å². The third kappa shape index (κ3) is 2.00. The molecule has 2 aliphatic rings. The fourth-order valence-electron chi connectivity index (χ4n) is 3.40. The summed E-state index contributed by atoms with van der Waals surface area (Å²) < 4.78 is 7.63. The highest BCUT2D eigenvalue weighted by Crippen LogP contribution is 2.38. The Morgan fingerprint density at radius 3 is 2.77 bits per heavy atom. The van der Waals surface area contributed by atoms with Gasteiger partial charge in [-0.3, -0.25) is 9.48 Å². The summed E-state index contributed by atoms with van der Waals surface area (Å²) in [5.41, 5.74) is 3.48. The fourth-order valence-corrected chi connectivity index (χ4v) is 3.40. The molecular weight excluding hydrogens is 278 g/mol. The molecule has 0 spiro atoms. The third-order valence-electron chi connectivity index (χ3n) is 4.51. The highest BCUT2D eigenvalue weighted by molar-refractivity contribution is 5.96. The third-order valence-corrected chi connectivity index (χ3v) is 4.51. The number of amides is 1. The van der Waals surface area contributed by atoms with Crippen molar-refractivity contribution in [3.63, 3.8) is 0 Å². The van der Waals surface area contributed by atoms with Gasteiger partial charge in [-0.15, -0.1) is 0 Å². The number of aromatic nitrogens is 2. The van der Waals surface area contributed by atoms with Gasteiger partial charge in [0.2, 0.25) is 0 Å². The second kappa shape index (κ2) is 5.16. The van der Waals surface area contributed by atoms with Crippen molar-refractivity contribution in [1.82, 2.24) is 14.7 Å². The molecule has 0 saturated carbocycles. The fraction of sp³-hybridized carbons (Fsp3) is 0.412. The highest BCUT2D eigenvalue weighted by atomic mass is 16.5. The lowest BCUT2D eigenvalue weighted by Crippen LogP contribution is -2.36. The largest absolute Gasteiger partial charge is 0.488 e. The van der Waals surface area contributed by atoms with Crippen molar-refractivity contribution in [2.75, 3.05) is 13.1 Å². The molecule has 0 bridgehead atoms. The van der Waals surface area contributed by atoms with Gasteiger partial charge in [0.25, 0.3) is 5.91 Å². The van der Waals surface area contributed by atoms with Crippen molar-refractivity contribution in [3.8, 4) is 17.0 Å². The topological polar surface area (TPSA) is 47.4 Å². The highest BCUT2D eigenvalue weighted by Gasteiger charge is 2.30. The number of hydrogen-bond acceptors (Lipinski definition) is 3. The van der Waals surface area contributed by atoms with Crippen LogP contribution in [0.4, 0.5) is 0 Å². The second-order valence-corrected chi connectivity index (χ2v) is 5.94. The van der Waals surface area contributed by atoms with Crippen LogP contribution in [0.3, 0.4) is 0 Å². The molecule has 2 aliphatic heterocycles. The van der Waals surface area contributed by atoms with Crippen LogP contribution in [-0.2, 0) is 13.7 Å². The van der Waals surface area contributed by atoms with Crippen LogP contribution in [0.2, 0.25) is 0 Å². The Morgan fingerprint density at radius 2 is 1.95 bits per heavy atom. The molecule has 1 aromatic heterocycles. The van der Waals surface area contributed by atoms with Gasteiger partial charge in [-0.1, -0.05) is 12.1 Å². The molecule has 0 unspecified atom stereocenters. The minimum absolute atomic E-state index is 0.0412. The average Bonchev–Trinajstić information content (AvgIpc) is 2.92. The number of likely N-dealkylation sites (tertiary alicyclic amines) is 1. The van der Waals surface area contributed by atoms with E-state index in [0.29, 0.717) is 12.3 Å². The molecule has 0 radical (unpaired) electrons. The molecule has 1 fully saturated rings. The molecule has 114 valence electrons. The zero-order chi connectivity index (χ0) is 15.1. The number of fused-ring (bicyclic) bond motifs is 3. The SMILES string of the molecule is Cn1nc(C(=O)N2CCCCC2)c2c1-c1ccccc1OC2. The van der Waals surface area contributed by atoms with E-state index in [9.17, 15) is 4.79 Å². The van der Waals surface area contributed by atoms with E-state index < -0.39 is 0 Å². The predicted molar refractivity (Wildman–Crippen MR) is 82.7 cm³/mol. The second-order valence-electron chi connectivity index (χ2n) is 5.94. The monoisotopic (exact) mass is 297 g/mol. The van der Waals surface area contributed by atoms with Gasteiger partial charge in [0.1, 0.15) is 12.4 Å². The minimum Gasteiger partial charge on any atom is -0.488 e. The van der Waals surface area contributed by atoms with Crippen molar-refractivity contribution in [2.24, 2.45) is 7.05 Å². The van der Waals surface area contributed by atoms with E-state index in [2.05, 4.69) is 5.10 Å². The van der Waals surface area contributed by atoms with E-state index in [-0.39, 0.29) is 5.91 Å².